The van der Waals surface area contributed by atoms with Crippen LogP contribution in [0.5, 0.6) is 0 Å². The second-order valence-corrected chi connectivity index (χ2v) is 4.66. The molecule has 2 rings (SSSR count). The van der Waals surface area contributed by atoms with Crippen LogP contribution >= 0.6 is 0 Å². The van der Waals surface area contributed by atoms with Crippen molar-refractivity contribution in [1.82, 2.24) is 4.90 Å². The number of anilines is 1. The van der Waals surface area contributed by atoms with Gasteiger partial charge in [-0.2, -0.15) is 0 Å². The van der Waals surface area contributed by atoms with Crippen LogP contribution < -0.4 is 5.32 Å². The largest absolute Gasteiger partial charge is 0.326 e. The van der Waals surface area contributed by atoms with Gasteiger partial charge in [0.2, 0.25) is 5.91 Å². The predicted molar refractivity (Wildman–Crippen MR) is 80.3 cm³/mol. The highest BCUT2D eigenvalue weighted by molar-refractivity contribution is 6.06. The Morgan fingerprint density at radius 3 is 2.57 bits per heavy atom. The van der Waals surface area contributed by atoms with Gasteiger partial charge in [0.1, 0.15) is 0 Å². The van der Waals surface area contributed by atoms with Gasteiger partial charge < -0.3 is 5.32 Å². The van der Waals surface area contributed by atoms with Crippen LogP contribution in [0.1, 0.15) is 18.9 Å². The first-order chi connectivity index (χ1) is 10.1. The van der Waals surface area contributed by atoms with E-state index in [0.717, 1.165) is 5.56 Å². The fraction of sp³-hybridized carbons (Fsp3) is 0.188. The molecule has 1 aliphatic rings. The van der Waals surface area contributed by atoms with E-state index >= 15 is 0 Å². The van der Waals surface area contributed by atoms with Crippen LogP contribution in [0.25, 0.3) is 6.08 Å². The average molecular weight is 284 g/mol. The van der Waals surface area contributed by atoms with E-state index in [9.17, 15) is 14.4 Å². The molecule has 0 radical (unpaired) electrons. The lowest BCUT2D eigenvalue weighted by molar-refractivity contribution is -0.139. The molecule has 0 atom stereocenters. The second kappa shape index (κ2) is 6.65. The number of hydrogen-bond acceptors (Lipinski definition) is 3. The van der Waals surface area contributed by atoms with Gasteiger partial charge in [0.15, 0.2) is 0 Å². The lowest BCUT2D eigenvalue weighted by Crippen LogP contribution is -2.37. The Hall–Kier alpha value is -2.69. The molecule has 3 amide bonds. The molecule has 0 bridgehead atoms. The first-order valence-corrected chi connectivity index (χ1v) is 6.64. The molecule has 1 heterocycles. The summed E-state index contributed by atoms with van der Waals surface area (Å²) in [7, 11) is 0. The van der Waals surface area contributed by atoms with Crippen molar-refractivity contribution >= 4 is 29.5 Å². The molecule has 0 aromatic heterocycles. The van der Waals surface area contributed by atoms with Crippen LogP contribution in [0.2, 0.25) is 0 Å². The highest BCUT2D eigenvalue weighted by Crippen LogP contribution is 2.11. The molecule has 0 unspecified atom stereocenters. The summed E-state index contributed by atoms with van der Waals surface area (Å²) in [4.78, 5) is 35.6. The van der Waals surface area contributed by atoms with Gasteiger partial charge in [0, 0.05) is 25.2 Å². The molecule has 21 heavy (non-hydrogen) atoms. The van der Waals surface area contributed by atoms with Gasteiger partial charge in [-0.1, -0.05) is 18.2 Å². The Balaban J connectivity index is 2.00. The summed E-state index contributed by atoms with van der Waals surface area (Å²) in [5, 5.41) is 2.66. The fourth-order valence-corrected chi connectivity index (χ4v) is 1.95. The molecule has 0 aliphatic carbocycles. The van der Waals surface area contributed by atoms with Crippen LogP contribution in [0.15, 0.2) is 42.5 Å². The van der Waals surface area contributed by atoms with Crippen molar-refractivity contribution in [2.75, 3.05) is 11.9 Å². The Morgan fingerprint density at radius 2 is 1.95 bits per heavy atom. The maximum atomic E-state index is 11.9. The maximum Gasteiger partial charge on any atom is 0.253 e. The van der Waals surface area contributed by atoms with Gasteiger partial charge in [0.25, 0.3) is 11.8 Å². The highest BCUT2D eigenvalue weighted by Gasteiger charge is 2.18. The number of nitrogens with one attached hydrogen (secondary N) is 1. The van der Waals surface area contributed by atoms with E-state index in [2.05, 4.69) is 5.32 Å². The molecule has 1 aliphatic heterocycles. The monoisotopic (exact) mass is 284 g/mol. The minimum Gasteiger partial charge on any atom is -0.326 e. The summed E-state index contributed by atoms with van der Waals surface area (Å²) in [6, 6.07) is 7.07. The maximum absolute atomic E-state index is 11.9. The summed E-state index contributed by atoms with van der Waals surface area (Å²) in [5.74, 6) is -0.739. The molecule has 0 spiro atoms. The van der Waals surface area contributed by atoms with Gasteiger partial charge in [0.05, 0.1) is 0 Å². The SMILES string of the molecule is CC(=O)Nc1ccc(/C=C/C(=O)N2CCC=CC2=O)cc1. The van der Waals surface area contributed by atoms with Crippen LogP contribution in [-0.2, 0) is 14.4 Å². The van der Waals surface area contributed by atoms with Crippen molar-refractivity contribution in [3.05, 3.63) is 48.1 Å². The second-order valence-electron chi connectivity index (χ2n) is 4.66. The van der Waals surface area contributed by atoms with Gasteiger partial charge in [-0.05, 0) is 36.3 Å². The van der Waals surface area contributed by atoms with E-state index in [4.69, 9.17) is 0 Å². The number of benzene rings is 1. The van der Waals surface area contributed by atoms with Crippen LogP contribution in [0.3, 0.4) is 0 Å². The van der Waals surface area contributed by atoms with Gasteiger partial charge in [-0.25, -0.2) is 0 Å². The molecule has 1 aromatic carbocycles. The van der Waals surface area contributed by atoms with E-state index in [1.54, 1.807) is 36.4 Å². The molecule has 5 heteroatoms. The third-order valence-corrected chi connectivity index (χ3v) is 2.96. The van der Waals surface area contributed by atoms with Crippen molar-refractivity contribution in [2.45, 2.75) is 13.3 Å². The number of rotatable bonds is 3. The van der Waals surface area contributed by atoms with Crippen molar-refractivity contribution in [1.29, 1.82) is 0 Å². The standard InChI is InChI=1S/C16H16N2O3/c1-12(19)17-14-8-5-13(6-9-14)7-10-16(21)18-11-3-2-4-15(18)20/h2,4-10H,3,11H2,1H3,(H,17,19)/b10-7+. The Bertz CT molecular complexity index is 615. The van der Waals surface area contributed by atoms with Crippen LogP contribution in [-0.4, -0.2) is 29.2 Å². The molecule has 0 saturated heterocycles. The quantitative estimate of drug-likeness (QED) is 0.863. The Morgan fingerprint density at radius 1 is 1.24 bits per heavy atom. The average Bonchev–Trinajstić information content (AvgIpc) is 2.46. The topological polar surface area (TPSA) is 66.5 Å². The van der Waals surface area contributed by atoms with E-state index in [-0.39, 0.29) is 17.7 Å². The highest BCUT2D eigenvalue weighted by atomic mass is 16.2. The van der Waals surface area contributed by atoms with Crippen LogP contribution in [0.4, 0.5) is 5.69 Å². The van der Waals surface area contributed by atoms with E-state index in [1.807, 2.05) is 0 Å². The van der Waals surface area contributed by atoms with Crippen molar-refractivity contribution in [3.8, 4) is 0 Å². The zero-order valence-electron chi connectivity index (χ0n) is 11.7. The molecule has 0 saturated carbocycles. The molecule has 1 N–H and O–H groups in total. The van der Waals surface area contributed by atoms with Crippen molar-refractivity contribution in [3.63, 3.8) is 0 Å². The predicted octanol–water partition coefficient (Wildman–Crippen LogP) is 1.97. The zero-order valence-corrected chi connectivity index (χ0v) is 11.7. The molecular weight excluding hydrogens is 268 g/mol. The lowest BCUT2D eigenvalue weighted by atomic mass is 10.2. The van der Waals surface area contributed by atoms with Gasteiger partial charge in [-0.15, -0.1) is 0 Å². The Labute approximate surface area is 122 Å². The van der Waals surface area contributed by atoms with Crippen molar-refractivity contribution in [2.24, 2.45) is 0 Å². The summed E-state index contributed by atoms with van der Waals surface area (Å²) in [6.07, 6.45) is 6.89. The normalized spacial score (nSPS) is 14.5. The number of nitrogens with zero attached hydrogens (tertiary/aromatic N) is 1. The lowest BCUT2D eigenvalue weighted by Gasteiger charge is -2.19. The molecule has 1 aromatic rings. The number of amides is 3. The minimum atomic E-state index is -0.324. The van der Waals surface area contributed by atoms with E-state index in [0.29, 0.717) is 18.7 Å². The third-order valence-electron chi connectivity index (χ3n) is 2.96. The summed E-state index contributed by atoms with van der Waals surface area (Å²) < 4.78 is 0. The number of carbonyl (C=O) groups excluding carboxylic acids is 3. The first kappa shape index (κ1) is 14.7. The molecule has 5 nitrogen and oxygen atoms in total. The van der Waals surface area contributed by atoms with Gasteiger partial charge >= 0.3 is 0 Å². The summed E-state index contributed by atoms with van der Waals surface area (Å²) in [5.41, 5.74) is 1.51. The number of carbonyl (C=O) groups is 3. The molecule has 108 valence electrons. The molecular formula is C16H16N2O3. The van der Waals surface area contributed by atoms with Crippen molar-refractivity contribution < 1.29 is 14.4 Å². The summed E-state index contributed by atoms with van der Waals surface area (Å²) >= 11 is 0. The third kappa shape index (κ3) is 4.14. The number of imide groups is 1. The zero-order chi connectivity index (χ0) is 15.2. The first-order valence-electron chi connectivity index (χ1n) is 6.64. The van der Waals surface area contributed by atoms with Crippen LogP contribution in [0, 0.1) is 0 Å². The smallest absolute Gasteiger partial charge is 0.253 e. The minimum absolute atomic E-state index is 0.134. The van der Waals surface area contributed by atoms with Gasteiger partial charge in [-0.3, -0.25) is 19.3 Å². The van der Waals surface area contributed by atoms with E-state index < -0.39 is 0 Å². The summed E-state index contributed by atoms with van der Waals surface area (Å²) in [6.45, 7) is 1.86. The Kier molecular flexibility index (Phi) is 4.66. The fourth-order valence-electron chi connectivity index (χ4n) is 1.95. The van der Waals surface area contributed by atoms with E-state index in [1.165, 1.54) is 24.0 Å². The molecule has 0 fully saturated rings. The number of hydrogen-bond donors (Lipinski definition) is 1.